The molecule has 1 aromatic heterocycles. The van der Waals surface area contributed by atoms with Crippen LogP contribution >= 0.6 is 23.1 Å². The molecule has 2 aliphatic heterocycles. The summed E-state index contributed by atoms with van der Waals surface area (Å²) in [6.45, 7) is 0.707. The number of nitrogens with zero attached hydrogens (tertiary/aromatic N) is 4. The highest BCUT2D eigenvalue weighted by Gasteiger charge is 2.53. The minimum atomic E-state index is -1.48. The fraction of sp³-hybridized carbons (Fsp3) is 0.400. The molecule has 3 amide bonds. The van der Waals surface area contributed by atoms with E-state index in [4.69, 9.17) is 16.3 Å². The van der Waals surface area contributed by atoms with Crippen molar-refractivity contribution in [3.8, 4) is 0 Å². The quantitative estimate of drug-likeness (QED) is 0.0985. The number of carboxylic acid groups (broad SMARTS) is 1. The average molecular weight is 524 g/mol. The Morgan fingerprint density at radius 2 is 2.14 bits per heavy atom. The number of oxime groups is 1. The minimum absolute atomic E-state index is 0.160. The van der Waals surface area contributed by atoms with E-state index < -0.39 is 35.1 Å². The van der Waals surface area contributed by atoms with Crippen molar-refractivity contribution in [2.24, 2.45) is 10.9 Å². The lowest BCUT2D eigenvalue weighted by Gasteiger charge is -2.51. The van der Waals surface area contributed by atoms with Crippen molar-refractivity contribution in [1.29, 1.82) is 0 Å². The number of hydrogen-bond donors (Lipinski definition) is 3. The van der Waals surface area contributed by atoms with Gasteiger partial charge in [0.05, 0.1) is 32.3 Å². The number of carbonyl (C=O) groups is 4. The standard InChI is InChI=1S/C20H25N7O6S2/c1-27(2,6-4-5-12(21)28)7-10-8-34-18-14(17(30)26(18)15(10)19(31)32)24-16(29)13(25-33-3)11-9-35-20(22)23-11/h4-5,9,14,18H,6-8H2,1-3H3,(H5-,21,22,23,24,28,29,31,32)/b5-4+,25-13-. The lowest BCUT2D eigenvalue weighted by Crippen LogP contribution is -2.71. The van der Waals surface area contributed by atoms with Crippen molar-refractivity contribution in [3.05, 3.63) is 34.5 Å². The molecular weight excluding hydrogens is 498 g/mol. The summed E-state index contributed by atoms with van der Waals surface area (Å²) >= 11 is 2.44. The number of aliphatic carboxylic acids is 1. The van der Waals surface area contributed by atoms with Crippen molar-refractivity contribution >= 4 is 57.6 Å². The van der Waals surface area contributed by atoms with Crippen molar-refractivity contribution in [2.45, 2.75) is 11.4 Å². The fourth-order valence-electron chi connectivity index (χ4n) is 3.73. The molecule has 0 radical (unpaired) electrons. The summed E-state index contributed by atoms with van der Waals surface area (Å²) in [5, 5.41) is 19.4. The predicted octanol–water partition coefficient (Wildman–Crippen LogP) is -2.40. The van der Waals surface area contributed by atoms with Crippen LogP contribution in [0, 0.1) is 0 Å². The molecule has 0 bridgehead atoms. The molecule has 35 heavy (non-hydrogen) atoms. The van der Waals surface area contributed by atoms with Gasteiger partial charge in [0, 0.05) is 22.8 Å². The first-order valence-corrected chi connectivity index (χ1v) is 12.2. The topological polar surface area (TPSA) is 193 Å². The largest absolute Gasteiger partial charge is 0.543 e. The van der Waals surface area contributed by atoms with Crippen molar-refractivity contribution in [2.75, 3.05) is 45.8 Å². The van der Waals surface area contributed by atoms with E-state index in [1.807, 2.05) is 14.1 Å². The Balaban J connectivity index is 1.77. The molecule has 3 heterocycles. The zero-order valence-electron chi connectivity index (χ0n) is 19.2. The molecule has 188 valence electrons. The van der Waals surface area contributed by atoms with Gasteiger partial charge >= 0.3 is 0 Å². The number of aromatic nitrogens is 1. The van der Waals surface area contributed by atoms with Gasteiger partial charge < -0.3 is 36.0 Å². The monoisotopic (exact) mass is 523 g/mol. The number of thiazole rings is 1. The van der Waals surface area contributed by atoms with Crippen molar-refractivity contribution < 1.29 is 33.6 Å². The van der Waals surface area contributed by atoms with Gasteiger partial charge in [-0.1, -0.05) is 5.16 Å². The number of β-lactam (4-membered cyclic amide) rings is 1. The van der Waals surface area contributed by atoms with E-state index in [1.165, 1.54) is 30.3 Å². The molecule has 0 spiro atoms. The van der Waals surface area contributed by atoms with Crippen LogP contribution in [-0.2, 0) is 24.0 Å². The molecule has 0 saturated carbocycles. The van der Waals surface area contributed by atoms with E-state index in [9.17, 15) is 24.3 Å². The number of nitrogen functional groups attached to an aromatic ring is 1. The van der Waals surface area contributed by atoms with E-state index in [0.29, 0.717) is 28.9 Å². The predicted molar refractivity (Wildman–Crippen MR) is 127 cm³/mol. The summed E-state index contributed by atoms with van der Waals surface area (Å²) in [5.41, 5.74) is 11.1. The number of carboxylic acids is 1. The molecule has 2 aliphatic rings. The third-order valence-electron chi connectivity index (χ3n) is 5.19. The number of nitrogens with one attached hydrogen (secondary N) is 1. The van der Waals surface area contributed by atoms with Gasteiger partial charge in [0.1, 0.15) is 30.8 Å². The number of carbonyl (C=O) groups excluding carboxylic acids is 4. The summed E-state index contributed by atoms with van der Waals surface area (Å²) in [7, 11) is 4.97. The Kier molecular flexibility index (Phi) is 7.82. The van der Waals surface area contributed by atoms with Crippen LogP contribution < -0.4 is 21.9 Å². The number of amides is 3. The second-order valence-corrected chi connectivity index (χ2v) is 10.4. The number of likely N-dealkylation sites (N-methyl/N-ethyl adjacent to an activating group) is 1. The Labute approximate surface area is 209 Å². The number of hydrogen-bond acceptors (Lipinski definition) is 11. The Hall–Kier alpha value is -3.43. The highest BCUT2D eigenvalue weighted by molar-refractivity contribution is 8.00. The zero-order chi connectivity index (χ0) is 25.9. The molecule has 1 aromatic rings. The van der Waals surface area contributed by atoms with E-state index in [1.54, 1.807) is 6.08 Å². The van der Waals surface area contributed by atoms with Crippen molar-refractivity contribution in [1.82, 2.24) is 15.2 Å². The number of rotatable bonds is 10. The zero-order valence-corrected chi connectivity index (χ0v) is 20.9. The van der Waals surface area contributed by atoms with Gasteiger partial charge in [0.25, 0.3) is 11.8 Å². The number of thioether (sulfide) groups is 1. The van der Waals surface area contributed by atoms with E-state index in [2.05, 4.69) is 15.5 Å². The highest BCUT2D eigenvalue weighted by Crippen LogP contribution is 2.40. The van der Waals surface area contributed by atoms with Gasteiger partial charge in [-0.2, -0.15) is 0 Å². The smallest absolute Gasteiger partial charge is 0.276 e. The maximum atomic E-state index is 12.9. The van der Waals surface area contributed by atoms with Crippen LogP contribution in [0.5, 0.6) is 0 Å². The van der Waals surface area contributed by atoms with Gasteiger partial charge in [-0.25, -0.2) is 4.98 Å². The molecule has 5 N–H and O–H groups in total. The van der Waals surface area contributed by atoms with Gasteiger partial charge in [0.2, 0.25) is 5.91 Å². The first-order valence-electron chi connectivity index (χ1n) is 10.2. The van der Waals surface area contributed by atoms with Crippen LogP contribution in [0.1, 0.15) is 5.69 Å². The second kappa shape index (κ2) is 10.5. The third kappa shape index (κ3) is 5.80. The maximum absolute atomic E-state index is 12.9. The molecule has 1 saturated heterocycles. The van der Waals surface area contributed by atoms with Crippen LogP contribution in [0.2, 0.25) is 0 Å². The summed E-state index contributed by atoms with van der Waals surface area (Å²) in [6.07, 6.45) is 2.85. The average Bonchev–Trinajstić information content (AvgIpc) is 3.20. The van der Waals surface area contributed by atoms with Crippen LogP contribution in [0.15, 0.2) is 34.0 Å². The Morgan fingerprint density at radius 1 is 1.43 bits per heavy atom. The maximum Gasteiger partial charge on any atom is 0.276 e. The summed E-state index contributed by atoms with van der Waals surface area (Å²) < 4.78 is 0.316. The molecule has 1 fully saturated rings. The minimum Gasteiger partial charge on any atom is -0.543 e. The van der Waals surface area contributed by atoms with E-state index in [0.717, 1.165) is 16.2 Å². The van der Waals surface area contributed by atoms with Gasteiger partial charge in [-0.15, -0.1) is 23.1 Å². The molecule has 0 aromatic carbocycles. The number of primary amides is 1. The van der Waals surface area contributed by atoms with E-state index in [-0.39, 0.29) is 22.2 Å². The van der Waals surface area contributed by atoms with E-state index >= 15 is 0 Å². The van der Waals surface area contributed by atoms with Crippen LogP contribution in [-0.4, -0.2) is 95.2 Å². The number of quaternary nitrogens is 1. The summed E-state index contributed by atoms with van der Waals surface area (Å²) in [4.78, 5) is 58.6. The summed E-state index contributed by atoms with van der Waals surface area (Å²) in [6, 6.07) is -0.970. The van der Waals surface area contributed by atoms with Crippen LogP contribution in [0.4, 0.5) is 5.13 Å². The molecule has 15 heteroatoms. The lowest BCUT2D eigenvalue weighted by molar-refractivity contribution is -0.879. The van der Waals surface area contributed by atoms with Gasteiger partial charge in [0.15, 0.2) is 10.8 Å². The molecule has 2 unspecified atom stereocenters. The third-order valence-corrected chi connectivity index (χ3v) is 7.20. The summed E-state index contributed by atoms with van der Waals surface area (Å²) in [5.74, 6) is -3.03. The number of anilines is 1. The van der Waals surface area contributed by atoms with Crippen LogP contribution in [0.3, 0.4) is 0 Å². The lowest BCUT2D eigenvalue weighted by atomic mass is 10.0. The SMILES string of the molecule is CO/N=C(\C(=O)NC1C(=O)N2C(C(=O)[O-])=C(C[N+](C)(C)C/C=C/C(N)=O)CSC12)c1csc(N)n1. The number of nitrogens with two attached hydrogens (primary N) is 2. The molecule has 2 atom stereocenters. The first-order chi connectivity index (χ1) is 16.4. The molecule has 13 nitrogen and oxygen atoms in total. The Bertz CT molecular complexity index is 1140. The van der Waals surface area contributed by atoms with Crippen molar-refractivity contribution in [3.63, 3.8) is 0 Å². The normalized spacial score (nSPS) is 20.5. The molecule has 0 aliphatic carbocycles. The van der Waals surface area contributed by atoms with Gasteiger partial charge in [-0.3, -0.25) is 19.3 Å². The number of fused-ring (bicyclic) bond motifs is 1. The fourth-order valence-corrected chi connectivity index (χ4v) is 5.61. The second-order valence-electron chi connectivity index (χ2n) is 8.38. The van der Waals surface area contributed by atoms with Crippen LogP contribution in [0.25, 0.3) is 0 Å². The first kappa shape index (κ1) is 26.2. The Morgan fingerprint density at radius 3 is 2.71 bits per heavy atom. The molecular formula is C20H25N7O6S2. The van der Waals surface area contributed by atoms with Gasteiger partial charge in [-0.05, 0) is 6.08 Å². The molecule has 3 rings (SSSR count). The highest BCUT2D eigenvalue weighted by atomic mass is 32.2.